The summed E-state index contributed by atoms with van der Waals surface area (Å²) in [5, 5.41) is 21.4. The van der Waals surface area contributed by atoms with E-state index in [2.05, 4.69) is 65.8 Å². The molecule has 4 aliphatic carbocycles. The Morgan fingerprint density at radius 2 is 1.87 bits per heavy atom. The summed E-state index contributed by atoms with van der Waals surface area (Å²) in [6.07, 6.45) is 14.9. The first kappa shape index (κ1) is 22.1. The Bertz CT molecular complexity index is 812. The Kier molecular flexibility index (Phi) is 5.73. The van der Waals surface area contributed by atoms with Gasteiger partial charge in [0.05, 0.1) is 12.2 Å². The van der Waals surface area contributed by atoms with Crippen LogP contribution in [0.2, 0.25) is 0 Å². The molecule has 2 fully saturated rings. The van der Waals surface area contributed by atoms with Crippen LogP contribution in [0.15, 0.2) is 46.6 Å². The van der Waals surface area contributed by atoms with Crippen molar-refractivity contribution < 1.29 is 10.2 Å². The predicted molar refractivity (Wildman–Crippen MR) is 125 cm³/mol. The van der Waals surface area contributed by atoms with Crippen LogP contribution >= 0.6 is 0 Å². The summed E-state index contributed by atoms with van der Waals surface area (Å²) in [5.74, 6) is 2.24. The number of aliphatic hydroxyl groups is 2. The lowest BCUT2D eigenvalue weighted by atomic mass is 9.51. The molecule has 0 heterocycles. The van der Waals surface area contributed by atoms with Crippen LogP contribution in [0.1, 0.15) is 80.1 Å². The summed E-state index contributed by atoms with van der Waals surface area (Å²) >= 11 is 0. The highest BCUT2D eigenvalue weighted by Crippen LogP contribution is 2.63. The molecule has 0 aliphatic heterocycles. The third-order valence-electron chi connectivity index (χ3n) is 9.47. The van der Waals surface area contributed by atoms with Crippen molar-refractivity contribution in [3.8, 4) is 0 Å². The molecule has 0 bridgehead atoms. The molecule has 7 unspecified atom stereocenters. The molecule has 0 aromatic rings. The molecule has 0 spiro atoms. The SMILES string of the molecule is CC(C=CC(C)C(C)C)=C1C(O)CC2=C3C=CC4CC(O)CCC4(C)C3CCC21C. The van der Waals surface area contributed by atoms with Gasteiger partial charge in [0.1, 0.15) is 0 Å². The number of rotatable bonds is 3. The fourth-order valence-electron chi connectivity index (χ4n) is 7.07. The molecule has 2 heteroatoms. The zero-order valence-electron chi connectivity index (χ0n) is 19.9. The fourth-order valence-corrected chi connectivity index (χ4v) is 7.07. The van der Waals surface area contributed by atoms with Crippen molar-refractivity contribution in [2.75, 3.05) is 0 Å². The molecule has 2 nitrogen and oxygen atoms in total. The highest BCUT2D eigenvalue weighted by atomic mass is 16.3. The van der Waals surface area contributed by atoms with Gasteiger partial charge in [0.15, 0.2) is 0 Å². The van der Waals surface area contributed by atoms with E-state index in [0.29, 0.717) is 23.7 Å². The molecule has 2 saturated carbocycles. The predicted octanol–water partition coefficient (Wildman–Crippen LogP) is 6.37. The molecule has 4 rings (SSSR count). The van der Waals surface area contributed by atoms with Gasteiger partial charge in [0.2, 0.25) is 0 Å². The maximum Gasteiger partial charge on any atom is 0.0801 e. The monoisotopic (exact) mass is 410 g/mol. The topological polar surface area (TPSA) is 40.5 Å². The number of hydrogen-bond acceptors (Lipinski definition) is 2. The van der Waals surface area contributed by atoms with Gasteiger partial charge in [-0.05, 0) is 91.3 Å². The van der Waals surface area contributed by atoms with Crippen molar-refractivity contribution in [3.05, 3.63) is 46.6 Å². The number of fused-ring (bicyclic) bond motifs is 4. The second-order valence-electron chi connectivity index (χ2n) is 11.5. The summed E-state index contributed by atoms with van der Waals surface area (Å²) in [4.78, 5) is 0. The maximum atomic E-state index is 11.2. The normalized spacial score (nSPS) is 43.6. The van der Waals surface area contributed by atoms with Crippen LogP contribution in [0.5, 0.6) is 0 Å². The van der Waals surface area contributed by atoms with Crippen molar-refractivity contribution >= 4 is 0 Å². The van der Waals surface area contributed by atoms with Crippen LogP contribution in [0, 0.1) is 34.5 Å². The average Bonchev–Trinajstić information content (AvgIpc) is 2.96. The Morgan fingerprint density at radius 1 is 1.13 bits per heavy atom. The Labute approximate surface area is 183 Å². The van der Waals surface area contributed by atoms with Gasteiger partial charge in [0, 0.05) is 5.41 Å². The van der Waals surface area contributed by atoms with Crippen molar-refractivity contribution in [3.63, 3.8) is 0 Å². The Hall–Kier alpha value is -1.12. The van der Waals surface area contributed by atoms with Gasteiger partial charge in [-0.2, -0.15) is 0 Å². The third-order valence-corrected chi connectivity index (χ3v) is 9.47. The number of allylic oxidation sites excluding steroid dienone is 6. The van der Waals surface area contributed by atoms with E-state index in [1.807, 2.05) is 0 Å². The highest BCUT2D eigenvalue weighted by molar-refractivity contribution is 5.51. The second-order valence-corrected chi connectivity index (χ2v) is 11.5. The molecular formula is C28H42O2. The maximum absolute atomic E-state index is 11.2. The van der Waals surface area contributed by atoms with E-state index in [-0.39, 0.29) is 23.0 Å². The van der Waals surface area contributed by atoms with Gasteiger partial charge >= 0.3 is 0 Å². The highest BCUT2D eigenvalue weighted by Gasteiger charge is 2.54. The summed E-state index contributed by atoms with van der Waals surface area (Å²) in [6.45, 7) is 13.8. The van der Waals surface area contributed by atoms with Gasteiger partial charge in [0.25, 0.3) is 0 Å². The molecule has 166 valence electrons. The number of aliphatic hydroxyl groups excluding tert-OH is 2. The van der Waals surface area contributed by atoms with Gasteiger partial charge in [-0.1, -0.05) is 64.5 Å². The molecular weight excluding hydrogens is 368 g/mol. The largest absolute Gasteiger partial charge is 0.393 e. The van der Waals surface area contributed by atoms with Crippen molar-refractivity contribution in [2.24, 2.45) is 34.5 Å². The van der Waals surface area contributed by atoms with Gasteiger partial charge in [-0.15, -0.1) is 0 Å². The number of hydrogen-bond donors (Lipinski definition) is 2. The minimum atomic E-state index is -0.359. The molecule has 0 saturated heterocycles. The minimum absolute atomic E-state index is 0.0114. The Morgan fingerprint density at radius 3 is 2.57 bits per heavy atom. The molecule has 0 radical (unpaired) electrons. The fraction of sp³-hybridized carbons (Fsp3) is 0.714. The standard InChI is InChI=1S/C28H42O2/c1-17(2)18(3)7-8-19(4)26-25(30)16-24-22-10-9-20-15-21(29)11-13-27(20,5)23(22)12-14-28(24,26)6/h7-10,17-18,20-21,23,25,29-30H,11-16H2,1-6H3. The average molecular weight is 411 g/mol. The van der Waals surface area contributed by atoms with E-state index >= 15 is 0 Å². The second kappa shape index (κ2) is 7.78. The molecule has 0 aromatic heterocycles. The summed E-state index contributed by atoms with van der Waals surface area (Å²) in [5.41, 5.74) is 5.78. The van der Waals surface area contributed by atoms with E-state index < -0.39 is 0 Å². The smallest absolute Gasteiger partial charge is 0.0801 e. The minimum Gasteiger partial charge on any atom is -0.393 e. The van der Waals surface area contributed by atoms with Crippen LogP contribution in [-0.2, 0) is 0 Å². The first-order chi connectivity index (χ1) is 14.1. The zero-order chi connectivity index (χ0) is 21.8. The molecule has 4 aliphatic rings. The van der Waals surface area contributed by atoms with Crippen LogP contribution in [0.3, 0.4) is 0 Å². The first-order valence-corrected chi connectivity index (χ1v) is 12.2. The van der Waals surface area contributed by atoms with Crippen molar-refractivity contribution in [1.29, 1.82) is 0 Å². The van der Waals surface area contributed by atoms with Crippen LogP contribution in [0.4, 0.5) is 0 Å². The van der Waals surface area contributed by atoms with Gasteiger partial charge in [-0.25, -0.2) is 0 Å². The molecule has 0 aromatic carbocycles. The van der Waals surface area contributed by atoms with E-state index in [1.54, 1.807) is 0 Å². The van der Waals surface area contributed by atoms with E-state index in [0.717, 1.165) is 32.1 Å². The van der Waals surface area contributed by atoms with Gasteiger partial charge < -0.3 is 10.2 Å². The lowest BCUT2D eigenvalue weighted by Crippen LogP contribution is -2.45. The summed E-state index contributed by atoms with van der Waals surface area (Å²) in [6, 6.07) is 0. The lowest BCUT2D eigenvalue weighted by Gasteiger charge is -2.53. The van der Waals surface area contributed by atoms with E-state index in [4.69, 9.17) is 0 Å². The molecule has 7 atom stereocenters. The molecule has 0 amide bonds. The van der Waals surface area contributed by atoms with E-state index in [1.165, 1.54) is 28.7 Å². The van der Waals surface area contributed by atoms with E-state index in [9.17, 15) is 10.2 Å². The zero-order valence-corrected chi connectivity index (χ0v) is 19.9. The first-order valence-electron chi connectivity index (χ1n) is 12.2. The van der Waals surface area contributed by atoms with Crippen molar-refractivity contribution in [2.45, 2.75) is 92.3 Å². The Balaban J connectivity index is 1.73. The van der Waals surface area contributed by atoms with Gasteiger partial charge in [-0.3, -0.25) is 0 Å². The molecule has 2 N–H and O–H groups in total. The van der Waals surface area contributed by atoms with Crippen LogP contribution in [-0.4, -0.2) is 22.4 Å². The summed E-state index contributed by atoms with van der Waals surface area (Å²) in [7, 11) is 0. The van der Waals surface area contributed by atoms with Crippen LogP contribution in [0.25, 0.3) is 0 Å². The lowest BCUT2D eigenvalue weighted by molar-refractivity contribution is 0.000729. The molecule has 30 heavy (non-hydrogen) atoms. The third kappa shape index (κ3) is 3.39. The summed E-state index contributed by atoms with van der Waals surface area (Å²) < 4.78 is 0. The quantitative estimate of drug-likeness (QED) is 0.568. The van der Waals surface area contributed by atoms with Crippen molar-refractivity contribution in [1.82, 2.24) is 0 Å². The van der Waals surface area contributed by atoms with Crippen LogP contribution < -0.4 is 0 Å².